The van der Waals surface area contributed by atoms with E-state index in [1.54, 1.807) is 14.2 Å². The summed E-state index contributed by atoms with van der Waals surface area (Å²) in [5.41, 5.74) is 1.14. The van der Waals surface area contributed by atoms with Crippen LogP contribution in [0.5, 0.6) is 0 Å². The van der Waals surface area contributed by atoms with Gasteiger partial charge in [-0.15, -0.1) is 0 Å². The first-order valence-corrected chi connectivity index (χ1v) is 6.30. The number of benzene rings is 1. The van der Waals surface area contributed by atoms with Crippen molar-refractivity contribution in [3.63, 3.8) is 0 Å². The zero-order chi connectivity index (χ0) is 13.2. The van der Waals surface area contributed by atoms with Crippen molar-refractivity contribution in [1.82, 2.24) is 5.32 Å². The van der Waals surface area contributed by atoms with Gasteiger partial charge in [0.15, 0.2) is 0 Å². The van der Waals surface area contributed by atoms with Crippen LogP contribution < -0.4 is 10.6 Å². The minimum atomic E-state index is 0.106. The molecule has 0 saturated heterocycles. The molecule has 0 aliphatic carbocycles. The van der Waals surface area contributed by atoms with Gasteiger partial charge in [-0.3, -0.25) is 0 Å². The third-order valence-electron chi connectivity index (χ3n) is 2.77. The van der Waals surface area contributed by atoms with Gasteiger partial charge in [-0.2, -0.15) is 0 Å². The number of nitrogens with one attached hydrogen (secondary N) is 2. The Morgan fingerprint density at radius 1 is 1.11 bits per heavy atom. The van der Waals surface area contributed by atoms with Gasteiger partial charge < -0.3 is 20.1 Å². The second kappa shape index (κ2) is 8.91. The fourth-order valence-electron chi connectivity index (χ4n) is 1.63. The summed E-state index contributed by atoms with van der Waals surface area (Å²) < 4.78 is 10.4. The number of methoxy groups -OCH3 is 2. The van der Waals surface area contributed by atoms with Gasteiger partial charge in [-0.05, 0) is 19.1 Å². The van der Waals surface area contributed by atoms with Gasteiger partial charge in [0.25, 0.3) is 0 Å². The molecule has 2 unspecified atom stereocenters. The summed E-state index contributed by atoms with van der Waals surface area (Å²) in [6, 6.07) is 10.6. The molecule has 0 aliphatic heterocycles. The second-order valence-corrected chi connectivity index (χ2v) is 4.37. The van der Waals surface area contributed by atoms with E-state index < -0.39 is 0 Å². The van der Waals surface area contributed by atoms with Crippen molar-refractivity contribution in [2.45, 2.75) is 19.1 Å². The second-order valence-electron chi connectivity index (χ2n) is 4.37. The molecule has 102 valence electrons. The zero-order valence-electron chi connectivity index (χ0n) is 11.5. The predicted octanol–water partition coefficient (Wildman–Crippen LogP) is 1.74. The maximum atomic E-state index is 5.30. The van der Waals surface area contributed by atoms with Gasteiger partial charge >= 0.3 is 0 Å². The van der Waals surface area contributed by atoms with Crippen LogP contribution in [0.1, 0.15) is 6.92 Å². The Morgan fingerprint density at radius 3 is 2.44 bits per heavy atom. The maximum Gasteiger partial charge on any atom is 0.0928 e. The van der Waals surface area contributed by atoms with Gasteiger partial charge in [0, 0.05) is 39.0 Å². The number of para-hydroxylation sites is 1. The Morgan fingerprint density at radius 2 is 1.83 bits per heavy atom. The van der Waals surface area contributed by atoms with Crippen LogP contribution in [-0.2, 0) is 9.47 Å². The molecule has 18 heavy (non-hydrogen) atoms. The molecule has 0 radical (unpaired) electrons. The maximum absolute atomic E-state index is 5.30. The van der Waals surface area contributed by atoms with Crippen LogP contribution >= 0.6 is 0 Å². The molecule has 0 fully saturated rings. The Balaban J connectivity index is 2.19. The molecular weight excluding hydrogens is 228 g/mol. The summed E-state index contributed by atoms with van der Waals surface area (Å²) >= 11 is 0. The van der Waals surface area contributed by atoms with E-state index in [0.29, 0.717) is 12.6 Å². The smallest absolute Gasteiger partial charge is 0.0928 e. The molecule has 0 saturated carbocycles. The Bertz CT molecular complexity index is 306. The van der Waals surface area contributed by atoms with Crippen molar-refractivity contribution in [3.8, 4) is 0 Å². The van der Waals surface area contributed by atoms with E-state index >= 15 is 0 Å². The summed E-state index contributed by atoms with van der Waals surface area (Å²) in [6.07, 6.45) is 0.106. The van der Waals surface area contributed by atoms with Crippen molar-refractivity contribution in [1.29, 1.82) is 0 Å². The Hall–Kier alpha value is -1.10. The monoisotopic (exact) mass is 252 g/mol. The fourth-order valence-corrected chi connectivity index (χ4v) is 1.63. The van der Waals surface area contributed by atoms with Crippen molar-refractivity contribution < 1.29 is 9.47 Å². The normalized spacial score (nSPS) is 14.2. The Kier molecular flexibility index (Phi) is 7.41. The molecule has 4 nitrogen and oxygen atoms in total. The molecule has 2 N–H and O–H groups in total. The first kappa shape index (κ1) is 15.0. The minimum absolute atomic E-state index is 0.106. The van der Waals surface area contributed by atoms with Crippen LogP contribution in [0, 0.1) is 0 Å². The van der Waals surface area contributed by atoms with E-state index in [9.17, 15) is 0 Å². The van der Waals surface area contributed by atoms with E-state index in [1.807, 2.05) is 18.2 Å². The summed E-state index contributed by atoms with van der Waals surface area (Å²) in [7, 11) is 3.39. The first-order chi connectivity index (χ1) is 8.76. The van der Waals surface area contributed by atoms with Crippen molar-refractivity contribution in [3.05, 3.63) is 30.3 Å². The summed E-state index contributed by atoms with van der Waals surface area (Å²) in [5.74, 6) is 0. The lowest BCUT2D eigenvalue weighted by molar-refractivity contribution is 0.0278. The number of anilines is 1. The predicted molar refractivity (Wildman–Crippen MR) is 75.1 cm³/mol. The van der Waals surface area contributed by atoms with Crippen LogP contribution in [0.15, 0.2) is 30.3 Å². The van der Waals surface area contributed by atoms with Crippen LogP contribution in [-0.4, -0.2) is 46.1 Å². The largest absolute Gasteiger partial charge is 0.383 e. The third kappa shape index (κ3) is 6.00. The molecule has 0 aliphatic rings. The van der Waals surface area contributed by atoms with Gasteiger partial charge in [-0.25, -0.2) is 0 Å². The molecule has 4 heteroatoms. The molecule has 1 rings (SSSR count). The molecular formula is C14H24N2O2. The number of rotatable bonds is 9. The van der Waals surface area contributed by atoms with Gasteiger partial charge in [-0.1, -0.05) is 18.2 Å². The molecule has 0 spiro atoms. The first-order valence-electron chi connectivity index (χ1n) is 6.30. The molecule has 1 aromatic rings. The van der Waals surface area contributed by atoms with E-state index in [4.69, 9.17) is 9.47 Å². The van der Waals surface area contributed by atoms with Crippen LogP contribution in [0.3, 0.4) is 0 Å². The van der Waals surface area contributed by atoms with Gasteiger partial charge in [0.05, 0.1) is 12.7 Å². The minimum Gasteiger partial charge on any atom is -0.383 e. The van der Waals surface area contributed by atoms with Crippen molar-refractivity contribution >= 4 is 5.69 Å². The summed E-state index contributed by atoms with van der Waals surface area (Å²) in [6.45, 7) is 4.44. The molecule has 0 heterocycles. The number of ether oxygens (including phenoxy) is 2. The molecule has 2 atom stereocenters. The highest BCUT2D eigenvalue weighted by atomic mass is 16.5. The fraction of sp³-hybridized carbons (Fsp3) is 0.571. The lowest BCUT2D eigenvalue weighted by Gasteiger charge is -2.20. The average molecular weight is 252 g/mol. The SMILES string of the molecule is COCC(CNC(C)CNc1ccccc1)OC. The van der Waals surface area contributed by atoms with E-state index in [-0.39, 0.29) is 6.10 Å². The summed E-state index contributed by atoms with van der Waals surface area (Å²) in [5, 5.41) is 6.80. The zero-order valence-corrected chi connectivity index (χ0v) is 11.5. The Labute approximate surface area is 110 Å². The van der Waals surface area contributed by atoms with E-state index in [0.717, 1.165) is 18.8 Å². The topological polar surface area (TPSA) is 42.5 Å². The van der Waals surface area contributed by atoms with Gasteiger partial charge in [0.1, 0.15) is 0 Å². The van der Waals surface area contributed by atoms with Gasteiger partial charge in [0.2, 0.25) is 0 Å². The quantitative estimate of drug-likeness (QED) is 0.702. The van der Waals surface area contributed by atoms with E-state index in [1.165, 1.54) is 0 Å². The van der Waals surface area contributed by atoms with E-state index in [2.05, 4.69) is 29.7 Å². The van der Waals surface area contributed by atoms with Crippen LogP contribution in [0.25, 0.3) is 0 Å². The molecule has 0 amide bonds. The third-order valence-corrected chi connectivity index (χ3v) is 2.77. The molecule has 0 bridgehead atoms. The highest BCUT2D eigenvalue weighted by Crippen LogP contribution is 2.04. The van der Waals surface area contributed by atoms with Crippen LogP contribution in [0.4, 0.5) is 5.69 Å². The van der Waals surface area contributed by atoms with Crippen LogP contribution in [0.2, 0.25) is 0 Å². The number of hydrogen-bond acceptors (Lipinski definition) is 4. The highest BCUT2D eigenvalue weighted by Gasteiger charge is 2.08. The lowest BCUT2D eigenvalue weighted by atomic mass is 10.2. The molecule has 1 aromatic carbocycles. The standard InChI is InChI=1S/C14H24N2O2/c1-12(15-10-14(18-3)11-17-2)9-16-13-7-5-4-6-8-13/h4-8,12,14-16H,9-11H2,1-3H3. The van der Waals surface area contributed by atoms with Crippen molar-refractivity contribution in [2.75, 3.05) is 39.2 Å². The highest BCUT2D eigenvalue weighted by molar-refractivity contribution is 5.42. The average Bonchev–Trinajstić information content (AvgIpc) is 2.42. The van der Waals surface area contributed by atoms with Crippen molar-refractivity contribution in [2.24, 2.45) is 0 Å². The lowest BCUT2D eigenvalue weighted by Crippen LogP contribution is -2.40. The number of hydrogen-bond donors (Lipinski definition) is 2. The summed E-state index contributed by atoms with van der Waals surface area (Å²) in [4.78, 5) is 0. The molecule has 0 aromatic heterocycles.